The van der Waals surface area contributed by atoms with E-state index in [1.54, 1.807) is 7.11 Å². The van der Waals surface area contributed by atoms with Gasteiger partial charge < -0.3 is 14.8 Å². The average Bonchev–Trinajstić information content (AvgIpc) is 3.43. The normalized spacial score (nSPS) is 16.4. The van der Waals surface area contributed by atoms with Gasteiger partial charge >= 0.3 is 0 Å². The maximum absolute atomic E-state index is 12.4. The summed E-state index contributed by atoms with van der Waals surface area (Å²) in [6, 6.07) is 9.34. The number of hydrogen-bond acceptors (Lipinski definition) is 6. The standard InChI is InChI=1S/C19H20N4O3S/c1-25-13-6-4-12(5-7-13)11-16(24)20-14-8-10-27-17(14)19-21-18(22-23-19)15-3-2-9-26-15/h4-8,10,15H,2-3,9,11H2,1H3,(H,20,24)(H,21,22,23). The Hall–Kier alpha value is -2.71. The Labute approximate surface area is 160 Å². The molecule has 1 amide bonds. The van der Waals surface area contributed by atoms with Crippen molar-refractivity contribution in [1.82, 2.24) is 15.2 Å². The smallest absolute Gasteiger partial charge is 0.228 e. The second-order valence-electron chi connectivity index (χ2n) is 6.28. The van der Waals surface area contributed by atoms with Gasteiger partial charge in [0.15, 0.2) is 11.6 Å². The first-order valence-electron chi connectivity index (χ1n) is 8.77. The number of ether oxygens (including phenoxy) is 2. The first-order chi connectivity index (χ1) is 13.2. The fourth-order valence-corrected chi connectivity index (χ4v) is 3.81. The molecular formula is C19H20N4O3S. The van der Waals surface area contributed by atoms with Crippen molar-refractivity contribution in [2.45, 2.75) is 25.4 Å². The number of benzene rings is 1. The van der Waals surface area contributed by atoms with Gasteiger partial charge in [-0.1, -0.05) is 12.1 Å². The van der Waals surface area contributed by atoms with Crippen molar-refractivity contribution in [2.75, 3.05) is 19.0 Å². The minimum Gasteiger partial charge on any atom is -0.497 e. The number of anilines is 1. The van der Waals surface area contributed by atoms with Crippen molar-refractivity contribution in [2.24, 2.45) is 0 Å². The average molecular weight is 384 g/mol. The quantitative estimate of drug-likeness (QED) is 0.678. The number of hydrogen-bond donors (Lipinski definition) is 2. The molecule has 2 N–H and O–H groups in total. The van der Waals surface area contributed by atoms with E-state index in [0.717, 1.165) is 41.3 Å². The maximum Gasteiger partial charge on any atom is 0.228 e. The summed E-state index contributed by atoms with van der Waals surface area (Å²) < 4.78 is 10.8. The van der Waals surface area contributed by atoms with Gasteiger partial charge in [0.25, 0.3) is 0 Å². The predicted octanol–water partition coefficient (Wildman–Crippen LogP) is 3.57. The second-order valence-corrected chi connectivity index (χ2v) is 7.20. The summed E-state index contributed by atoms with van der Waals surface area (Å²) >= 11 is 1.51. The van der Waals surface area contributed by atoms with Gasteiger partial charge in [0, 0.05) is 6.61 Å². The van der Waals surface area contributed by atoms with Gasteiger partial charge in [-0.25, -0.2) is 4.98 Å². The third-order valence-corrected chi connectivity index (χ3v) is 5.32. The van der Waals surface area contributed by atoms with Crippen molar-refractivity contribution in [3.8, 4) is 16.5 Å². The van der Waals surface area contributed by atoms with E-state index in [0.29, 0.717) is 11.6 Å². The number of H-pyrrole nitrogens is 1. The summed E-state index contributed by atoms with van der Waals surface area (Å²) in [4.78, 5) is 17.8. The molecular weight excluding hydrogens is 364 g/mol. The van der Waals surface area contributed by atoms with Crippen LogP contribution in [0.1, 0.15) is 30.3 Å². The number of aromatic nitrogens is 3. The molecule has 4 rings (SSSR count). The topological polar surface area (TPSA) is 89.1 Å². The number of amides is 1. The van der Waals surface area contributed by atoms with Gasteiger partial charge in [0.05, 0.1) is 24.1 Å². The Morgan fingerprint density at radius 3 is 2.96 bits per heavy atom. The molecule has 1 fully saturated rings. The maximum atomic E-state index is 12.4. The van der Waals surface area contributed by atoms with Crippen molar-refractivity contribution >= 4 is 22.9 Å². The molecule has 7 nitrogen and oxygen atoms in total. The zero-order valence-corrected chi connectivity index (χ0v) is 15.7. The largest absolute Gasteiger partial charge is 0.497 e. The highest BCUT2D eigenvalue weighted by molar-refractivity contribution is 7.14. The number of nitrogens with zero attached hydrogens (tertiary/aromatic N) is 2. The number of nitrogens with one attached hydrogen (secondary N) is 2. The molecule has 27 heavy (non-hydrogen) atoms. The predicted molar refractivity (Wildman–Crippen MR) is 103 cm³/mol. The van der Waals surface area contributed by atoms with Crippen LogP contribution in [0.3, 0.4) is 0 Å². The zero-order chi connectivity index (χ0) is 18.6. The van der Waals surface area contributed by atoms with E-state index in [1.165, 1.54) is 11.3 Å². The Balaban J connectivity index is 1.44. The molecule has 1 unspecified atom stereocenters. The van der Waals surface area contributed by atoms with Gasteiger partial charge in [-0.3, -0.25) is 9.89 Å². The Morgan fingerprint density at radius 1 is 1.37 bits per heavy atom. The highest BCUT2D eigenvalue weighted by atomic mass is 32.1. The Morgan fingerprint density at radius 2 is 2.22 bits per heavy atom. The van der Waals surface area contributed by atoms with Crippen molar-refractivity contribution < 1.29 is 14.3 Å². The summed E-state index contributed by atoms with van der Waals surface area (Å²) in [6.45, 7) is 0.750. The van der Waals surface area contributed by atoms with Crippen molar-refractivity contribution in [3.63, 3.8) is 0 Å². The fourth-order valence-electron chi connectivity index (χ4n) is 3.02. The van der Waals surface area contributed by atoms with Gasteiger partial charge in [-0.2, -0.15) is 5.10 Å². The summed E-state index contributed by atoms with van der Waals surface area (Å²) in [5.41, 5.74) is 1.65. The minimum absolute atomic E-state index is 0.0388. The number of thiophene rings is 1. The van der Waals surface area contributed by atoms with Crippen LogP contribution in [0.25, 0.3) is 10.7 Å². The van der Waals surface area contributed by atoms with Crippen LogP contribution in [0.4, 0.5) is 5.69 Å². The van der Waals surface area contributed by atoms with Crippen LogP contribution in [-0.4, -0.2) is 34.8 Å². The monoisotopic (exact) mass is 384 g/mol. The molecule has 1 saturated heterocycles. The lowest BCUT2D eigenvalue weighted by molar-refractivity contribution is -0.115. The van der Waals surface area contributed by atoms with Crippen LogP contribution in [0.5, 0.6) is 5.75 Å². The van der Waals surface area contributed by atoms with Gasteiger partial charge in [-0.15, -0.1) is 11.3 Å². The van der Waals surface area contributed by atoms with Crippen LogP contribution in [0.2, 0.25) is 0 Å². The van der Waals surface area contributed by atoms with E-state index in [2.05, 4.69) is 20.5 Å². The molecule has 1 aromatic carbocycles. The van der Waals surface area contributed by atoms with Gasteiger partial charge in [-0.05, 0) is 42.0 Å². The molecule has 0 saturated carbocycles. The minimum atomic E-state index is -0.0846. The Bertz CT molecular complexity index is 913. The number of carbonyl (C=O) groups is 1. The number of rotatable bonds is 6. The van der Waals surface area contributed by atoms with E-state index >= 15 is 0 Å². The third-order valence-electron chi connectivity index (χ3n) is 4.40. The van der Waals surface area contributed by atoms with Crippen LogP contribution in [-0.2, 0) is 16.0 Å². The van der Waals surface area contributed by atoms with E-state index in [-0.39, 0.29) is 18.4 Å². The summed E-state index contributed by atoms with van der Waals surface area (Å²) in [5, 5.41) is 12.1. The molecule has 3 heterocycles. The summed E-state index contributed by atoms with van der Waals surface area (Å²) in [7, 11) is 1.62. The SMILES string of the molecule is COc1ccc(CC(=O)Nc2ccsc2-c2nc(C3CCCO3)n[nH]2)cc1. The van der Waals surface area contributed by atoms with Crippen LogP contribution >= 0.6 is 11.3 Å². The van der Waals surface area contributed by atoms with E-state index in [4.69, 9.17) is 9.47 Å². The van der Waals surface area contributed by atoms with Crippen LogP contribution in [0.15, 0.2) is 35.7 Å². The number of methoxy groups -OCH3 is 1. The number of aromatic amines is 1. The first-order valence-corrected chi connectivity index (χ1v) is 9.65. The lowest BCUT2D eigenvalue weighted by atomic mass is 10.1. The molecule has 140 valence electrons. The molecule has 0 aliphatic carbocycles. The fraction of sp³-hybridized carbons (Fsp3) is 0.316. The summed E-state index contributed by atoms with van der Waals surface area (Å²) in [6.07, 6.45) is 2.22. The highest BCUT2D eigenvalue weighted by Crippen LogP contribution is 2.33. The van der Waals surface area contributed by atoms with Crippen molar-refractivity contribution in [1.29, 1.82) is 0 Å². The molecule has 0 bridgehead atoms. The molecule has 0 spiro atoms. The van der Waals surface area contributed by atoms with E-state index in [1.807, 2.05) is 35.7 Å². The van der Waals surface area contributed by atoms with Crippen LogP contribution in [0, 0.1) is 0 Å². The molecule has 1 aliphatic rings. The molecule has 3 aromatic rings. The van der Waals surface area contributed by atoms with Gasteiger partial charge in [0.1, 0.15) is 11.9 Å². The van der Waals surface area contributed by atoms with E-state index < -0.39 is 0 Å². The van der Waals surface area contributed by atoms with Crippen molar-refractivity contribution in [3.05, 3.63) is 47.1 Å². The molecule has 0 radical (unpaired) electrons. The number of carbonyl (C=O) groups excluding carboxylic acids is 1. The summed E-state index contributed by atoms with van der Waals surface area (Å²) in [5.74, 6) is 2.01. The second kappa shape index (κ2) is 7.89. The Kier molecular flexibility index (Phi) is 5.17. The molecule has 1 aliphatic heterocycles. The molecule has 2 aromatic heterocycles. The van der Waals surface area contributed by atoms with Gasteiger partial charge in [0.2, 0.25) is 5.91 Å². The van der Waals surface area contributed by atoms with E-state index in [9.17, 15) is 4.79 Å². The lowest BCUT2D eigenvalue weighted by Crippen LogP contribution is -2.14. The van der Waals surface area contributed by atoms with Crippen LogP contribution < -0.4 is 10.1 Å². The lowest BCUT2D eigenvalue weighted by Gasteiger charge is -2.06. The zero-order valence-electron chi connectivity index (χ0n) is 14.9. The first kappa shape index (κ1) is 17.7. The molecule has 8 heteroatoms. The molecule has 1 atom stereocenters. The third kappa shape index (κ3) is 4.01. The highest BCUT2D eigenvalue weighted by Gasteiger charge is 2.23.